The van der Waals surface area contributed by atoms with Crippen LogP contribution in [-0.4, -0.2) is 92.2 Å². The first-order valence-electron chi connectivity index (χ1n) is 16.2. The summed E-state index contributed by atoms with van der Waals surface area (Å²) >= 11 is 0. The number of carbonyl (C=O) groups is 1. The van der Waals surface area contributed by atoms with E-state index in [0.717, 1.165) is 70.8 Å². The highest BCUT2D eigenvalue weighted by atomic mass is 16.5. The normalized spacial score (nSPS) is 21.4. The van der Waals surface area contributed by atoms with Crippen molar-refractivity contribution in [3.8, 4) is 22.9 Å². The molecule has 3 atom stereocenters. The number of fused-ring (bicyclic) bond motifs is 4. The number of likely N-dealkylation sites (tertiary alicyclic amines) is 1. The van der Waals surface area contributed by atoms with Gasteiger partial charge in [-0.15, -0.1) is 0 Å². The third-order valence-corrected chi connectivity index (χ3v) is 9.91. The van der Waals surface area contributed by atoms with Gasteiger partial charge in [-0.05, 0) is 85.4 Å². The Labute approximate surface area is 267 Å². The summed E-state index contributed by atoms with van der Waals surface area (Å²) in [6.07, 6.45) is 9.37. The predicted octanol–water partition coefficient (Wildman–Crippen LogP) is 4.84. The van der Waals surface area contributed by atoms with E-state index in [1.165, 1.54) is 0 Å². The van der Waals surface area contributed by atoms with E-state index in [0.29, 0.717) is 37.4 Å². The number of phenols is 1. The Morgan fingerprint density at radius 2 is 1.83 bits per heavy atom. The van der Waals surface area contributed by atoms with Crippen LogP contribution < -0.4 is 9.64 Å². The molecule has 0 unspecified atom stereocenters. The van der Waals surface area contributed by atoms with E-state index >= 15 is 0 Å². The number of phenolic OH excluding ortho intramolecular Hbond substituents is 1. The average molecular weight is 616 g/mol. The molecule has 2 bridgehead atoms. The van der Waals surface area contributed by atoms with Gasteiger partial charge < -0.3 is 24.5 Å². The largest absolute Gasteiger partial charge is 0.508 e. The minimum absolute atomic E-state index is 0.0994. The number of rotatable bonds is 7. The van der Waals surface area contributed by atoms with Crippen LogP contribution in [0.3, 0.4) is 0 Å². The first-order valence-corrected chi connectivity index (χ1v) is 16.2. The van der Waals surface area contributed by atoms with Crippen LogP contribution in [0.1, 0.15) is 31.4 Å². The molecular weight excluding hydrogens is 578 g/mol. The number of amides is 1. The molecule has 10 nitrogen and oxygen atoms in total. The number of piperazine rings is 1. The quantitative estimate of drug-likeness (QED) is 0.275. The van der Waals surface area contributed by atoms with Gasteiger partial charge >= 0.3 is 6.01 Å². The van der Waals surface area contributed by atoms with Crippen molar-refractivity contribution in [2.24, 2.45) is 0 Å². The van der Waals surface area contributed by atoms with Gasteiger partial charge in [0.2, 0.25) is 5.91 Å². The molecule has 0 spiro atoms. The number of benzene rings is 3. The molecule has 5 heterocycles. The maximum atomic E-state index is 13.4. The lowest BCUT2D eigenvalue weighted by atomic mass is 9.97. The van der Waals surface area contributed by atoms with Gasteiger partial charge in [-0.1, -0.05) is 30.3 Å². The summed E-state index contributed by atoms with van der Waals surface area (Å²) in [5.41, 5.74) is 3.39. The van der Waals surface area contributed by atoms with Crippen LogP contribution in [0.2, 0.25) is 0 Å². The number of aromatic nitrogens is 4. The summed E-state index contributed by atoms with van der Waals surface area (Å²) in [6, 6.07) is 18.8. The number of hydrogen-bond donors (Lipinski definition) is 1. The Bertz CT molecular complexity index is 1910. The van der Waals surface area contributed by atoms with Crippen LogP contribution in [0, 0.1) is 0 Å². The number of aromatic hydroxyl groups is 1. The van der Waals surface area contributed by atoms with Crippen LogP contribution in [0.5, 0.6) is 11.8 Å². The third-order valence-electron chi connectivity index (χ3n) is 9.91. The van der Waals surface area contributed by atoms with E-state index < -0.39 is 0 Å². The molecule has 3 aromatic carbocycles. The second kappa shape index (κ2) is 11.8. The number of anilines is 1. The van der Waals surface area contributed by atoms with Crippen molar-refractivity contribution in [3.63, 3.8) is 0 Å². The molecule has 1 amide bonds. The van der Waals surface area contributed by atoms with Crippen molar-refractivity contribution in [1.29, 1.82) is 0 Å². The van der Waals surface area contributed by atoms with Gasteiger partial charge in [-0.2, -0.15) is 9.97 Å². The summed E-state index contributed by atoms with van der Waals surface area (Å²) in [4.78, 5) is 38.6. The van der Waals surface area contributed by atoms with Crippen LogP contribution in [0.25, 0.3) is 32.8 Å². The summed E-state index contributed by atoms with van der Waals surface area (Å²) in [7, 11) is 2.14. The number of nitrogens with zero attached hydrogens (tertiary/aromatic N) is 7. The maximum Gasteiger partial charge on any atom is 0.319 e. The SMILES string of the molecule is CN1CCC[C@H]1COc1nc(N2C[C@H]3CC[C@@H](C2)N3C(=O)Cc2cnccn2)c2ccc(-c3cc(O)cc4ccccc34)cc2n1. The Morgan fingerprint density at radius 3 is 2.61 bits per heavy atom. The van der Waals surface area contributed by atoms with Gasteiger partial charge in [-0.25, -0.2) is 0 Å². The summed E-state index contributed by atoms with van der Waals surface area (Å²) in [5, 5.41) is 13.5. The van der Waals surface area contributed by atoms with Crippen molar-refractivity contribution in [2.45, 2.75) is 50.2 Å². The van der Waals surface area contributed by atoms with Gasteiger partial charge in [-0.3, -0.25) is 14.8 Å². The van der Waals surface area contributed by atoms with E-state index in [2.05, 4.69) is 56.0 Å². The van der Waals surface area contributed by atoms with Crippen molar-refractivity contribution in [2.75, 3.05) is 38.2 Å². The van der Waals surface area contributed by atoms with Crippen LogP contribution in [0.4, 0.5) is 5.82 Å². The highest BCUT2D eigenvalue weighted by molar-refractivity contribution is 6.01. The highest BCUT2D eigenvalue weighted by Crippen LogP contribution is 2.38. The molecule has 234 valence electrons. The minimum Gasteiger partial charge on any atom is -0.508 e. The molecule has 3 aliphatic rings. The molecule has 1 N–H and O–H groups in total. The first-order chi connectivity index (χ1) is 22.5. The van der Waals surface area contributed by atoms with Gasteiger partial charge in [0, 0.05) is 55.2 Å². The van der Waals surface area contributed by atoms with Crippen molar-refractivity contribution >= 4 is 33.4 Å². The monoisotopic (exact) mass is 615 g/mol. The van der Waals surface area contributed by atoms with Crippen LogP contribution in [-0.2, 0) is 11.2 Å². The molecule has 3 saturated heterocycles. The van der Waals surface area contributed by atoms with E-state index in [4.69, 9.17) is 14.7 Å². The topological polar surface area (TPSA) is 108 Å². The molecule has 8 rings (SSSR count). The molecule has 0 aliphatic carbocycles. The molecule has 0 radical (unpaired) electrons. The zero-order valence-electron chi connectivity index (χ0n) is 25.9. The zero-order chi connectivity index (χ0) is 31.2. The lowest BCUT2D eigenvalue weighted by Gasteiger charge is -2.42. The molecule has 3 fully saturated rings. The molecule has 5 aromatic rings. The van der Waals surface area contributed by atoms with E-state index in [9.17, 15) is 9.90 Å². The minimum atomic E-state index is 0.0994. The lowest BCUT2D eigenvalue weighted by molar-refractivity contribution is -0.133. The van der Waals surface area contributed by atoms with Crippen molar-refractivity contribution < 1.29 is 14.6 Å². The van der Waals surface area contributed by atoms with Crippen molar-refractivity contribution in [3.05, 3.63) is 78.9 Å². The highest BCUT2D eigenvalue weighted by Gasteiger charge is 2.43. The molecular formula is C36H37N7O3. The van der Waals surface area contributed by atoms with E-state index in [1.54, 1.807) is 24.7 Å². The van der Waals surface area contributed by atoms with E-state index in [1.807, 2.05) is 24.3 Å². The van der Waals surface area contributed by atoms with Crippen LogP contribution in [0.15, 0.2) is 73.2 Å². The Balaban J connectivity index is 1.14. The zero-order valence-corrected chi connectivity index (χ0v) is 25.9. The molecule has 2 aromatic heterocycles. The predicted molar refractivity (Wildman–Crippen MR) is 177 cm³/mol. The standard InChI is InChI=1S/C36H37N7O3/c1-41-14-4-6-28(41)22-46-36-39-33-16-24(32-18-29(44)15-23-5-2-3-7-30(23)32)8-11-31(33)35(40-36)42-20-26-9-10-27(21-42)43(26)34(45)17-25-19-37-12-13-38-25/h2-3,5,7-8,11-13,15-16,18-19,26-28,44H,4,6,9-10,14,17,20-22H2,1H3/t26-,27+,28-/m0/s1. The van der Waals surface area contributed by atoms with Crippen LogP contribution >= 0.6 is 0 Å². The average Bonchev–Trinajstić information content (AvgIpc) is 3.61. The molecule has 0 saturated carbocycles. The fraction of sp³-hybridized carbons (Fsp3) is 0.361. The summed E-state index contributed by atoms with van der Waals surface area (Å²) in [5.74, 6) is 1.17. The molecule has 10 heteroatoms. The third kappa shape index (κ3) is 5.36. The Hall–Kier alpha value is -4.83. The number of hydrogen-bond acceptors (Lipinski definition) is 9. The fourth-order valence-corrected chi connectivity index (χ4v) is 7.61. The maximum absolute atomic E-state index is 13.4. The summed E-state index contributed by atoms with van der Waals surface area (Å²) in [6.45, 7) is 2.99. The number of likely N-dealkylation sites (N-methyl/N-ethyl adjacent to an activating group) is 1. The van der Waals surface area contributed by atoms with Crippen molar-refractivity contribution in [1.82, 2.24) is 29.7 Å². The second-order valence-electron chi connectivity index (χ2n) is 12.8. The smallest absolute Gasteiger partial charge is 0.319 e. The first kappa shape index (κ1) is 28.6. The summed E-state index contributed by atoms with van der Waals surface area (Å²) < 4.78 is 6.32. The molecule has 3 aliphatic heterocycles. The number of ether oxygens (including phenoxy) is 1. The van der Waals surface area contributed by atoms with Gasteiger partial charge in [0.15, 0.2) is 0 Å². The fourth-order valence-electron chi connectivity index (χ4n) is 7.61. The van der Waals surface area contributed by atoms with Gasteiger partial charge in [0.25, 0.3) is 0 Å². The second-order valence-corrected chi connectivity index (χ2v) is 12.8. The van der Waals surface area contributed by atoms with Gasteiger partial charge in [0.05, 0.1) is 17.6 Å². The Morgan fingerprint density at radius 1 is 0.978 bits per heavy atom. The van der Waals surface area contributed by atoms with Gasteiger partial charge in [0.1, 0.15) is 18.2 Å². The molecule has 46 heavy (non-hydrogen) atoms. The lowest BCUT2D eigenvalue weighted by Crippen LogP contribution is -2.56. The number of carbonyl (C=O) groups excluding carboxylic acids is 1. The van der Waals surface area contributed by atoms with E-state index in [-0.39, 0.29) is 30.2 Å². The Kier molecular flexibility index (Phi) is 7.36.